The maximum atomic E-state index is 8.82. The molecule has 2 rings (SSSR count). The summed E-state index contributed by atoms with van der Waals surface area (Å²) in [5.74, 6) is 1.50. The van der Waals surface area contributed by atoms with Crippen LogP contribution in [0.15, 0.2) is 30.3 Å². The van der Waals surface area contributed by atoms with Crippen molar-refractivity contribution in [3.63, 3.8) is 0 Å². The zero-order valence-electron chi connectivity index (χ0n) is 9.56. The highest BCUT2D eigenvalue weighted by Crippen LogP contribution is 2.36. The van der Waals surface area contributed by atoms with Crippen molar-refractivity contribution in [3.8, 4) is 28.0 Å². The lowest BCUT2D eigenvalue weighted by Crippen LogP contribution is -1.89. The first-order chi connectivity index (χ1) is 8.28. The summed E-state index contributed by atoms with van der Waals surface area (Å²) in [5.41, 5.74) is 0.972. The van der Waals surface area contributed by atoms with Gasteiger partial charge in [0.2, 0.25) is 0 Å². The Bertz CT molecular complexity index is 569. The molecule has 1 heterocycles. The number of ether oxygens (including phenoxy) is 2. The van der Waals surface area contributed by atoms with Gasteiger partial charge in [0.25, 0.3) is 0 Å². The molecule has 0 bridgehead atoms. The molecule has 0 saturated carbocycles. The van der Waals surface area contributed by atoms with Gasteiger partial charge in [0.15, 0.2) is 0 Å². The zero-order chi connectivity index (χ0) is 12.3. The van der Waals surface area contributed by atoms with Gasteiger partial charge in [-0.3, -0.25) is 0 Å². The first-order valence-corrected chi connectivity index (χ1v) is 5.82. The fraction of sp³-hybridized carbons (Fsp3) is 0.154. The van der Waals surface area contributed by atoms with Gasteiger partial charge in [0.1, 0.15) is 22.4 Å². The second-order valence-corrected chi connectivity index (χ2v) is 4.43. The monoisotopic (exact) mass is 245 g/mol. The molecule has 86 valence electrons. The number of benzene rings is 1. The Kier molecular flexibility index (Phi) is 3.31. The van der Waals surface area contributed by atoms with Gasteiger partial charge < -0.3 is 9.47 Å². The number of nitrogens with zero attached hydrogens (tertiary/aromatic N) is 1. The molecular formula is C13H11NO2S. The van der Waals surface area contributed by atoms with Crippen LogP contribution in [-0.4, -0.2) is 14.2 Å². The Morgan fingerprint density at radius 2 is 1.94 bits per heavy atom. The van der Waals surface area contributed by atoms with Crippen LogP contribution >= 0.6 is 11.3 Å². The third-order valence-corrected chi connectivity index (χ3v) is 3.41. The highest BCUT2D eigenvalue weighted by Gasteiger charge is 2.09. The Labute approximate surface area is 104 Å². The van der Waals surface area contributed by atoms with Crippen molar-refractivity contribution in [1.82, 2.24) is 0 Å². The molecule has 2 aromatic rings. The second-order valence-electron chi connectivity index (χ2n) is 3.34. The molecule has 0 aliphatic carbocycles. The molecule has 0 unspecified atom stereocenters. The third kappa shape index (κ3) is 2.24. The minimum atomic E-state index is 0.692. The zero-order valence-corrected chi connectivity index (χ0v) is 10.4. The smallest absolute Gasteiger partial charge is 0.131 e. The fourth-order valence-corrected chi connectivity index (χ4v) is 2.38. The molecule has 17 heavy (non-hydrogen) atoms. The minimum Gasteiger partial charge on any atom is -0.497 e. The van der Waals surface area contributed by atoms with Crippen LogP contribution in [0.1, 0.15) is 4.88 Å². The summed E-state index contributed by atoms with van der Waals surface area (Å²) in [7, 11) is 3.24. The molecule has 0 fully saturated rings. The van der Waals surface area contributed by atoms with E-state index in [-0.39, 0.29) is 0 Å². The van der Waals surface area contributed by atoms with Gasteiger partial charge in [-0.15, -0.1) is 11.3 Å². The minimum absolute atomic E-state index is 0.692. The van der Waals surface area contributed by atoms with E-state index in [0.29, 0.717) is 4.88 Å². The molecule has 0 saturated heterocycles. The van der Waals surface area contributed by atoms with Crippen LogP contribution in [0.2, 0.25) is 0 Å². The highest BCUT2D eigenvalue weighted by atomic mass is 32.1. The SMILES string of the molecule is COc1ccc(-c2ccc(C#N)s2)c(OC)c1. The van der Waals surface area contributed by atoms with Crippen LogP contribution < -0.4 is 9.47 Å². The van der Waals surface area contributed by atoms with E-state index < -0.39 is 0 Å². The predicted octanol–water partition coefficient (Wildman–Crippen LogP) is 3.30. The Morgan fingerprint density at radius 3 is 2.53 bits per heavy atom. The van der Waals surface area contributed by atoms with Gasteiger partial charge >= 0.3 is 0 Å². The fourth-order valence-electron chi connectivity index (χ4n) is 1.54. The lowest BCUT2D eigenvalue weighted by atomic mass is 10.1. The predicted molar refractivity (Wildman–Crippen MR) is 67.6 cm³/mol. The van der Waals surface area contributed by atoms with Crippen molar-refractivity contribution in [1.29, 1.82) is 5.26 Å². The van der Waals surface area contributed by atoms with Crippen LogP contribution in [0.25, 0.3) is 10.4 Å². The van der Waals surface area contributed by atoms with Crippen molar-refractivity contribution in [2.24, 2.45) is 0 Å². The van der Waals surface area contributed by atoms with E-state index in [9.17, 15) is 0 Å². The quantitative estimate of drug-likeness (QED) is 0.833. The van der Waals surface area contributed by atoms with E-state index in [2.05, 4.69) is 6.07 Å². The van der Waals surface area contributed by atoms with Crippen molar-refractivity contribution in [2.75, 3.05) is 14.2 Å². The first kappa shape index (κ1) is 11.5. The summed E-state index contributed by atoms with van der Waals surface area (Å²) in [5, 5.41) is 8.82. The van der Waals surface area contributed by atoms with E-state index in [1.54, 1.807) is 14.2 Å². The summed E-state index contributed by atoms with van der Waals surface area (Å²) in [6.45, 7) is 0. The molecule has 0 amide bonds. The number of thiophene rings is 1. The standard InChI is InChI=1S/C13H11NO2S/c1-15-9-3-5-11(12(7-9)16-2)13-6-4-10(8-14)17-13/h3-7H,1-2H3. The summed E-state index contributed by atoms with van der Waals surface area (Å²) < 4.78 is 10.5. The number of methoxy groups -OCH3 is 2. The molecule has 0 spiro atoms. The normalized spacial score (nSPS) is 9.71. The average Bonchev–Trinajstić information content (AvgIpc) is 2.86. The lowest BCUT2D eigenvalue weighted by molar-refractivity contribution is 0.395. The van der Waals surface area contributed by atoms with Crippen LogP contribution in [0, 0.1) is 11.3 Å². The molecule has 0 atom stereocenters. The molecule has 3 nitrogen and oxygen atoms in total. The number of nitriles is 1. The Balaban J connectivity index is 2.48. The van der Waals surface area contributed by atoms with E-state index >= 15 is 0 Å². The average molecular weight is 245 g/mol. The summed E-state index contributed by atoms with van der Waals surface area (Å²) >= 11 is 1.45. The second kappa shape index (κ2) is 4.89. The Morgan fingerprint density at radius 1 is 1.12 bits per heavy atom. The third-order valence-electron chi connectivity index (χ3n) is 2.39. The summed E-state index contributed by atoms with van der Waals surface area (Å²) in [4.78, 5) is 1.71. The van der Waals surface area contributed by atoms with Crippen LogP contribution in [0.4, 0.5) is 0 Å². The van der Waals surface area contributed by atoms with Crippen LogP contribution in [0.3, 0.4) is 0 Å². The summed E-state index contributed by atoms with van der Waals surface area (Å²) in [6.07, 6.45) is 0. The van der Waals surface area contributed by atoms with E-state index in [0.717, 1.165) is 21.9 Å². The van der Waals surface area contributed by atoms with E-state index in [1.165, 1.54) is 11.3 Å². The molecule has 1 aromatic carbocycles. The van der Waals surface area contributed by atoms with Crippen LogP contribution in [0.5, 0.6) is 11.5 Å². The molecule has 0 aliphatic rings. The molecule has 0 N–H and O–H groups in total. The lowest BCUT2D eigenvalue weighted by Gasteiger charge is -2.08. The Hall–Kier alpha value is -1.99. The first-order valence-electron chi connectivity index (χ1n) is 5.01. The van der Waals surface area contributed by atoms with Gasteiger partial charge in [-0.1, -0.05) is 0 Å². The molecule has 1 aromatic heterocycles. The largest absolute Gasteiger partial charge is 0.497 e. The van der Waals surface area contributed by atoms with Gasteiger partial charge in [-0.05, 0) is 24.3 Å². The molecule has 4 heteroatoms. The summed E-state index contributed by atoms with van der Waals surface area (Å²) in [6, 6.07) is 11.5. The number of rotatable bonds is 3. The van der Waals surface area contributed by atoms with Gasteiger partial charge in [-0.2, -0.15) is 5.26 Å². The van der Waals surface area contributed by atoms with Gasteiger partial charge in [0.05, 0.1) is 14.2 Å². The molecule has 0 radical (unpaired) electrons. The van der Waals surface area contributed by atoms with Crippen molar-refractivity contribution >= 4 is 11.3 Å². The van der Waals surface area contributed by atoms with Gasteiger partial charge in [-0.25, -0.2) is 0 Å². The van der Waals surface area contributed by atoms with Crippen molar-refractivity contribution in [2.45, 2.75) is 0 Å². The number of hydrogen-bond acceptors (Lipinski definition) is 4. The molecule has 0 aliphatic heterocycles. The molecular weight excluding hydrogens is 234 g/mol. The van der Waals surface area contributed by atoms with E-state index in [4.69, 9.17) is 14.7 Å². The van der Waals surface area contributed by atoms with Crippen molar-refractivity contribution in [3.05, 3.63) is 35.2 Å². The van der Waals surface area contributed by atoms with Crippen LogP contribution in [-0.2, 0) is 0 Å². The van der Waals surface area contributed by atoms with Gasteiger partial charge in [0, 0.05) is 16.5 Å². The maximum Gasteiger partial charge on any atom is 0.131 e. The number of hydrogen-bond donors (Lipinski definition) is 0. The topological polar surface area (TPSA) is 42.2 Å². The van der Waals surface area contributed by atoms with Crippen molar-refractivity contribution < 1.29 is 9.47 Å². The highest BCUT2D eigenvalue weighted by molar-refractivity contribution is 7.16. The van der Waals surface area contributed by atoms with E-state index in [1.807, 2.05) is 30.3 Å². The maximum absolute atomic E-state index is 8.82.